The largest absolute Gasteiger partial charge is 0.481 e. The smallest absolute Gasteiger partial charge is 0.306 e. The first-order chi connectivity index (χ1) is 22.6. The van der Waals surface area contributed by atoms with Crippen molar-refractivity contribution < 1.29 is 19.4 Å². The van der Waals surface area contributed by atoms with Gasteiger partial charge in [-0.2, -0.15) is 0 Å². The third-order valence-corrected chi connectivity index (χ3v) is 8.95. The van der Waals surface area contributed by atoms with Crippen molar-refractivity contribution in [2.24, 2.45) is 0 Å². The number of allylic oxidation sites excluding steroid dienone is 6. The molecular formula is C42H76O4. The summed E-state index contributed by atoms with van der Waals surface area (Å²) in [6.07, 6.45) is 49.7. The molecule has 0 bridgehead atoms. The van der Waals surface area contributed by atoms with Crippen LogP contribution in [-0.2, 0) is 14.3 Å². The van der Waals surface area contributed by atoms with E-state index in [2.05, 4.69) is 50.3 Å². The number of hydrogen-bond donors (Lipinski definition) is 1. The Hall–Kier alpha value is -1.84. The highest BCUT2D eigenvalue weighted by Crippen LogP contribution is 2.17. The zero-order chi connectivity index (χ0) is 33.6. The Bertz CT molecular complexity index is 738. The second-order valence-corrected chi connectivity index (χ2v) is 13.4. The predicted molar refractivity (Wildman–Crippen MR) is 199 cm³/mol. The van der Waals surface area contributed by atoms with Gasteiger partial charge < -0.3 is 9.84 Å². The SMILES string of the molecule is CC/C=C\C/C=C\C/C=C\CCCCCCCCCC(=O)OC(CC)CCCCCCCCCCCCCCCCCCC(=O)O. The minimum Gasteiger partial charge on any atom is -0.481 e. The van der Waals surface area contributed by atoms with Gasteiger partial charge in [0, 0.05) is 12.8 Å². The lowest BCUT2D eigenvalue weighted by Crippen LogP contribution is -2.17. The van der Waals surface area contributed by atoms with Crippen LogP contribution in [0.2, 0.25) is 0 Å². The number of unbranched alkanes of at least 4 members (excludes halogenated alkanes) is 22. The summed E-state index contributed by atoms with van der Waals surface area (Å²) in [7, 11) is 0. The molecule has 0 spiro atoms. The monoisotopic (exact) mass is 645 g/mol. The molecule has 4 heteroatoms. The summed E-state index contributed by atoms with van der Waals surface area (Å²) in [4.78, 5) is 22.8. The summed E-state index contributed by atoms with van der Waals surface area (Å²) in [6.45, 7) is 4.31. The standard InChI is InChI=1S/C42H76O4/c1-3-5-6-7-8-9-10-11-12-13-18-21-24-27-30-33-36-39-42(45)46-40(4-2)37-34-31-28-25-22-19-16-14-15-17-20-23-26-29-32-35-38-41(43)44/h5-6,8-9,11-12,40H,3-4,7,10,13-39H2,1-2H3,(H,43,44)/b6-5-,9-8-,12-11-. The summed E-state index contributed by atoms with van der Waals surface area (Å²) >= 11 is 0. The van der Waals surface area contributed by atoms with Crippen LogP contribution in [0.3, 0.4) is 0 Å². The van der Waals surface area contributed by atoms with Gasteiger partial charge in [0.2, 0.25) is 0 Å². The van der Waals surface area contributed by atoms with E-state index in [0.717, 1.165) is 57.8 Å². The topological polar surface area (TPSA) is 63.6 Å². The minimum absolute atomic E-state index is 0.0129. The molecule has 0 aromatic carbocycles. The Morgan fingerprint density at radius 2 is 0.891 bits per heavy atom. The third kappa shape index (κ3) is 36.6. The molecule has 1 atom stereocenters. The van der Waals surface area contributed by atoms with Crippen LogP contribution < -0.4 is 0 Å². The Labute approximate surface area is 286 Å². The first-order valence-corrected chi connectivity index (χ1v) is 20.0. The van der Waals surface area contributed by atoms with E-state index < -0.39 is 5.97 Å². The molecule has 0 heterocycles. The van der Waals surface area contributed by atoms with Gasteiger partial charge in [-0.05, 0) is 64.2 Å². The first kappa shape index (κ1) is 44.2. The number of aliphatic carboxylic acids is 1. The maximum absolute atomic E-state index is 12.3. The fraction of sp³-hybridized carbons (Fsp3) is 0.810. The number of carboxylic acids is 1. The van der Waals surface area contributed by atoms with Crippen molar-refractivity contribution in [2.75, 3.05) is 0 Å². The van der Waals surface area contributed by atoms with Crippen LogP contribution in [0.15, 0.2) is 36.5 Å². The van der Waals surface area contributed by atoms with Crippen molar-refractivity contribution in [1.82, 2.24) is 0 Å². The highest BCUT2D eigenvalue weighted by atomic mass is 16.5. The van der Waals surface area contributed by atoms with E-state index in [4.69, 9.17) is 9.84 Å². The molecule has 0 aliphatic carbocycles. The lowest BCUT2D eigenvalue weighted by Gasteiger charge is -2.16. The van der Waals surface area contributed by atoms with Crippen molar-refractivity contribution in [2.45, 2.75) is 219 Å². The fourth-order valence-electron chi connectivity index (χ4n) is 5.96. The number of carboxylic acid groups (broad SMARTS) is 1. The first-order valence-electron chi connectivity index (χ1n) is 20.0. The number of rotatable bonds is 36. The molecule has 0 aliphatic heterocycles. The van der Waals surface area contributed by atoms with Crippen molar-refractivity contribution in [3.8, 4) is 0 Å². The number of carbonyl (C=O) groups excluding carboxylic acids is 1. The molecule has 0 aromatic heterocycles. The number of ether oxygens (including phenoxy) is 1. The van der Waals surface area contributed by atoms with Crippen LogP contribution in [0.25, 0.3) is 0 Å². The van der Waals surface area contributed by atoms with Crippen LogP contribution >= 0.6 is 0 Å². The Morgan fingerprint density at radius 1 is 0.500 bits per heavy atom. The average Bonchev–Trinajstić information content (AvgIpc) is 3.04. The Morgan fingerprint density at radius 3 is 1.35 bits per heavy atom. The fourth-order valence-corrected chi connectivity index (χ4v) is 5.96. The van der Waals surface area contributed by atoms with Crippen LogP contribution in [0.1, 0.15) is 213 Å². The van der Waals surface area contributed by atoms with Crippen LogP contribution in [0.4, 0.5) is 0 Å². The Kier molecular flexibility index (Phi) is 36.1. The van der Waals surface area contributed by atoms with Gasteiger partial charge in [-0.3, -0.25) is 9.59 Å². The normalized spacial score (nSPS) is 12.6. The molecule has 4 nitrogen and oxygen atoms in total. The average molecular weight is 645 g/mol. The lowest BCUT2D eigenvalue weighted by molar-refractivity contribution is -0.149. The summed E-state index contributed by atoms with van der Waals surface area (Å²) in [5.74, 6) is -0.651. The van der Waals surface area contributed by atoms with Crippen molar-refractivity contribution in [3.63, 3.8) is 0 Å². The molecule has 0 radical (unpaired) electrons. The third-order valence-electron chi connectivity index (χ3n) is 8.95. The number of hydrogen-bond acceptors (Lipinski definition) is 3. The zero-order valence-corrected chi connectivity index (χ0v) is 30.6. The van der Waals surface area contributed by atoms with E-state index in [1.165, 1.54) is 128 Å². The maximum atomic E-state index is 12.3. The van der Waals surface area contributed by atoms with Gasteiger partial charge in [-0.25, -0.2) is 0 Å². The molecule has 0 aromatic rings. The molecule has 1 N–H and O–H groups in total. The van der Waals surface area contributed by atoms with E-state index in [1.807, 2.05) is 0 Å². The number of esters is 1. The highest BCUT2D eigenvalue weighted by Gasteiger charge is 2.12. The van der Waals surface area contributed by atoms with Gasteiger partial charge in [-0.15, -0.1) is 0 Å². The molecule has 0 saturated carbocycles. The number of carbonyl (C=O) groups is 2. The molecule has 0 saturated heterocycles. The second kappa shape index (κ2) is 37.6. The van der Waals surface area contributed by atoms with E-state index in [1.54, 1.807) is 0 Å². The van der Waals surface area contributed by atoms with Crippen LogP contribution in [0, 0.1) is 0 Å². The summed E-state index contributed by atoms with van der Waals surface area (Å²) in [5.41, 5.74) is 0. The van der Waals surface area contributed by atoms with Crippen LogP contribution in [0.5, 0.6) is 0 Å². The van der Waals surface area contributed by atoms with E-state index >= 15 is 0 Å². The molecule has 0 aliphatic rings. The lowest BCUT2D eigenvalue weighted by atomic mass is 10.0. The quantitative estimate of drug-likeness (QED) is 0.0419. The summed E-state index contributed by atoms with van der Waals surface area (Å²) in [6, 6.07) is 0. The van der Waals surface area contributed by atoms with Gasteiger partial charge in [-0.1, -0.05) is 172 Å². The predicted octanol–water partition coefficient (Wildman–Crippen LogP) is 13.8. The van der Waals surface area contributed by atoms with Gasteiger partial charge in [0.1, 0.15) is 6.10 Å². The second-order valence-electron chi connectivity index (χ2n) is 13.4. The van der Waals surface area contributed by atoms with E-state index in [-0.39, 0.29) is 12.1 Å². The van der Waals surface area contributed by atoms with Gasteiger partial charge in [0.05, 0.1) is 0 Å². The van der Waals surface area contributed by atoms with Gasteiger partial charge in [0.25, 0.3) is 0 Å². The van der Waals surface area contributed by atoms with E-state index in [0.29, 0.717) is 12.8 Å². The maximum Gasteiger partial charge on any atom is 0.306 e. The van der Waals surface area contributed by atoms with Gasteiger partial charge in [0.15, 0.2) is 0 Å². The zero-order valence-electron chi connectivity index (χ0n) is 30.6. The highest BCUT2D eigenvalue weighted by molar-refractivity contribution is 5.69. The molecule has 0 amide bonds. The summed E-state index contributed by atoms with van der Waals surface area (Å²) in [5, 5.41) is 8.65. The van der Waals surface area contributed by atoms with E-state index in [9.17, 15) is 9.59 Å². The summed E-state index contributed by atoms with van der Waals surface area (Å²) < 4.78 is 5.79. The molecule has 268 valence electrons. The van der Waals surface area contributed by atoms with Crippen molar-refractivity contribution in [3.05, 3.63) is 36.5 Å². The Balaban J connectivity index is 3.44. The molecule has 0 rings (SSSR count). The molecule has 0 fully saturated rings. The van der Waals surface area contributed by atoms with Crippen molar-refractivity contribution in [1.29, 1.82) is 0 Å². The van der Waals surface area contributed by atoms with Crippen molar-refractivity contribution >= 4 is 11.9 Å². The van der Waals surface area contributed by atoms with Crippen LogP contribution in [-0.4, -0.2) is 23.1 Å². The van der Waals surface area contributed by atoms with Gasteiger partial charge >= 0.3 is 11.9 Å². The molecule has 46 heavy (non-hydrogen) atoms. The molecule has 1 unspecified atom stereocenters. The minimum atomic E-state index is -0.664. The molecular weight excluding hydrogens is 568 g/mol.